The second-order valence-corrected chi connectivity index (χ2v) is 10.5. The van der Waals surface area contributed by atoms with Crippen molar-refractivity contribution in [2.24, 2.45) is 11.3 Å². The highest BCUT2D eigenvalue weighted by Crippen LogP contribution is 2.50. The monoisotopic (exact) mass is 470 g/mol. The molecule has 0 radical (unpaired) electrons. The molecule has 1 aliphatic rings. The summed E-state index contributed by atoms with van der Waals surface area (Å²) < 4.78 is 13.5. The maximum Gasteiger partial charge on any atom is 0.307 e. The Kier molecular flexibility index (Phi) is 5.96. The number of aliphatic hydroxyl groups is 1. The molecule has 4 rings (SSSR count). The van der Waals surface area contributed by atoms with Crippen LogP contribution in [0.1, 0.15) is 49.4 Å². The summed E-state index contributed by atoms with van der Waals surface area (Å²) in [5.41, 5.74) is 1.25. The Bertz CT molecular complexity index is 1210. The van der Waals surface area contributed by atoms with Gasteiger partial charge in [-0.1, -0.05) is 19.9 Å². The maximum atomic E-state index is 13.5. The number of hydrogen-bond acceptors (Lipinski definition) is 7. The molecule has 174 valence electrons. The Balaban J connectivity index is 1.59. The molecule has 3 N–H and O–H groups in total. The van der Waals surface area contributed by atoms with Crippen molar-refractivity contribution in [1.29, 1.82) is 0 Å². The molecule has 2 aromatic heterocycles. The third kappa shape index (κ3) is 4.74. The third-order valence-corrected chi connectivity index (χ3v) is 7.52. The van der Waals surface area contributed by atoms with Crippen LogP contribution < -0.4 is 5.32 Å². The van der Waals surface area contributed by atoms with Crippen LogP contribution in [0.4, 0.5) is 16.0 Å². The SMILES string of the molecule is Cc1cc(Nc2ncc(F)c(C)n2)cc(-c2cnc([C@]3(O)CCC(C(=O)O)C(C)(C)C3)s2)c1. The van der Waals surface area contributed by atoms with Crippen LogP contribution in [0.2, 0.25) is 0 Å². The van der Waals surface area contributed by atoms with E-state index in [1.54, 1.807) is 13.1 Å². The Morgan fingerprint density at radius 2 is 1.97 bits per heavy atom. The lowest BCUT2D eigenvalue weighted by molar-refractivity contribution is -0.154. The van der Waals surface area contributed by atoms with Gasteiger partial charge in [-0.25, -0.2) is 19.3 Å². The van der Waals surface area contributed by atoms with E-state index in [4.69, 9.17) is 0 Å². The predicted octanol–water partition coefficient (Wildman–Crippen LogP) is 5.20. The Hall–Kier alpha value is -2.91. The molecule has 0 aliphatic heterocycles. The number of aromatic nitrogens is 3. The van der Waals surface area contributed by atoms with Crippen molar-refractivity contribution in [2.75, 3.05) is 5.32 Å². The van der Waals surface area contributed by atoms with Crippen molar-refractivity contribution in [3.63, 3.8) is 0 Å². The van der Waals surface area contributed by atoms with Gasteiger partial charge >= 0.3 is 5.97 Å². The molecule has 0 saturated heterocycles. The number of halogens is 1. The van der Waals surface area contributed by atoms with E-state index in [9.17, 15) is 19.4 Å². The highest BCUT2D eigenvalue weighted by Gasteiger charge is 2.49. The molecule has 1 saturated carbocycles. The number of carboxylic acids is 1. The quantitative estimate of drug-likeness (QED) is 0.470. The summed E-state index contributed by atoms with van der Waals surface area (Å²) in [7, 11) is 0. The zero-order valence-electron chi connectivity index (χ0n) is 19.0. The lowest BCUT2D eigenvalue weighted by Crippen LogP contribution is -2.44. The average Bonchev–Trinajstić information content (AvgIpc) is 3.20. The topological polar surface area (TPSA) is 108 Å². The number of rotatable bonds is 5. The van der Waals surface area contributed by atoms with Gasteiger partial charge < -0.3 is 15.5 Å². The Labute approximate surface area is 195 Å². The first-order valence-electron chi connectivity index (χ1n) is 10.8. The van der Waals surface area contributed by atoms with Crippen LogP contribution in [0.25, 0.3) is 10.4 Å². The average molecular weight is 471 g/mol. The zero-order chi connectivity index (χ0) is 24.0. The summed E-state index contributed by atoms with van der Waals surface area (Å²) in [6.45, 7) is 7.33. The molecule has 0 amide bonds. The number of anilines is 2. The fourth-order valence-electron chi connectivity index (χ4n) is 4.64. The largest absolute Gasteiger partial charge is 0.481 e. The summed E-state index contributed by atoms with van der Waals surface area (Å²) in [6, 6.07) is 5.90. The normalized spacial score (nSPS) is 22.2. The number of nitrogens with one attached hydrogen (secondary N) is 1. The van der Waals surface area contributed by atoms with Crippen LogP contribution in [-0.2, 0) is 10.4 Å². The van der Waals surface area contributed by atoms with Gasteiger partial charge in [-0.3, -0.25) is 4.79 Å². The first-order chi connectivity index (χ1) is 15.5. The predicted molar refractivity (Wildman–Crippen MR) is 125 cm³/mol. The van der Waals surface area contributed by atoms with E-state index < -0.39 is 28.7 Å². The minimum Gasteiger partial charge on any atom is -0.481 e. The first-order valence-corrected chi connectivity index (χ1v) is 11.6. The minimum atomic E-state index is -1.15. The first kappa shape index (κ1) is 23.3. The van der Waals surface area contributed by atoms with E-state index in [0.717, 1.165) is 27.9 Å². The highest BCUT2D eigenvalue weighted by atomic mass is 32.1. The highest BCUT2D eigenvalue weighted by molar-refractivity contribution is 7.15. The molecule has 0 bridgehead atoms. The molecule has 1 unspecified atom stereocenters. The lowest BCUT2D eigenvalue weighted by Gasteiger charge is -2.44. The second-order valence-electron chi connectivity index (χ2n) is 9.50. The van der Waals surface area contributed by atoms with Crippen LogP contribution in [-0.4, -0.2) is 31.1 Å². The van der Waals surface area contributed by atoms with Crippen LogP contribution in [0.15, 0.2) is 30.6 Å². The molecule has 33 heavy (non-hydrogen) atoms. The summed E-state index contributed by atoms with van der Waals surface area (Å²) in [5.74, 6) is -1.45. The summed E-state index contributed by atoms with van der Waals surface area (Å²) in [5, 5.41) is 24.6. The van der Waals surface area contributed by atoms with E-state index in [-0.39, 0.29) is 5.69 Å². The zero-order valence-corrected chi connectivity index (χ0v) is 19.8. The van der Waals surface area contributed by atoms with Crippen molar-refractivity contribution in [2.45, 2.75) is 52.6 Å². The van der Waals surface area contributed by atoms with Crippen molar-refractivity contribution in [1.82, 2.24) is 15.0 Å². The molecule has 9 heteroatoms. The smallest absolute Gasteiger partial charge is 0.307 e. The van der Waals surface area contributed by atoms with Crippen LogP contribution in [0.5, 0.6) is 0 Å². The molecule has 2 atom stereocenters. The minimum absolute atomic E-state index is 0.265. The molecule has 2 heterocycles. The number of aryl methyl sites for hydroxylation is 2. The second kappa shape index (κ2) is 8.46. The molecular formula is C24H27FN4O3S. The number of hydrogen-bond donors (Lipinski definition) is 3. The number of thiazole rings is 1. The molecule has 1 fully saturated rings. The summed E-state index contributed by atoms with van der Waals surface area (Å²) >= 11 is 1.41. The molecule has 0 spiro atoms. The van der Waals surface area contributed by atoms with Crippen molar-refractivity contribution in [3.8, 4) is 10.4 Å². The summed E-state index contributed by atoms with van der Waals surface area (Å²) in [6.07, 6.45) is 3.99. The van der Waals surface area contributed by atoms with Gasteiger partial charge in [-0.2, -0.15) is 0 Å². The van der Waals surface area contributed by atoms with Gasteiger partial charge in [-0.05, 0) is 61.8 Å². The van der Waals surface area contributed by atoms with Gasteiger partial charge in [0.25, 0.3) is 0 Å². The van der Waals surface area contributed by atoms with E-state index in [2.05, 4.69) is 20.3 Å². The number of carboxylic acid groups (broad SMARTS) is 1. The Morgan fingerprint density at radius 1 is 1.21 bits per heavy atom. The van der Waals surface area contributed by atoms with Gasteiger partial charge in [0.1, 0.15) is 10.6 Å². The number of carbonyl (C=O) groups is 1. The maximum absolute atomic E-state index is 13.5. The van der Waals surface area contributed by atoms with Gasteiger partial charge in [0.2, 0.25) is 5.95 Å². The van der Waals surface area contributed by atoms with Crippen molar-refractivity contribution in [3.05, 3.63) is 52.7 Å². The van der Waals surface area contributed by atoms with E-state index in [1.165, 1.54) is 11.3 Å². The molecule has 7 nitrogen and oxygen atoms in total. The standard InChI is InChI=1S/C24H27FN4O3S/c1-13-7-15(9-16(8-13)29-22-27-10-18(25)14(2)28-22)19-11-26-21(33-19)24(32)6-5-17(20(30)31)23(3,4)12-24/h7-11,17,32H,5-6,12H2,1-4H3,(H,30,31)(H,27,28,29)/t17?,24-/m0/s1. The molecule has 3 aromatic rings. The van der Waals surface area contributed by atoms with Crippen molar-refractivity contribution >= 4 is 28.9 Å². The van der Waals surface area contributed by atoms with Crippen molar-refractivity contribution < 1.29 is 19.4 Å². The fraction of sp³-hybridized carbons (Fsp3) is 0.417. The third-order valence-electron chi connectivity index (χ3n) is 6.28. The van der Waals surface area contributed by atoms with Gasteiger partial charge in [0, 0.05) is 11.9 Å². The van der Waals surface area contributed by atoms with Crippen LogP contribution in [0, 0.1) is 31.0 Å². The number of benzene rings is 1. The lowest BCUT2D eigenvalue weighted by atomic mass is 9.63. The fourth-order valence-corrected chi connectivity index (χ4v) is 5.66. The van der Waals surface area contributed by atoms with Gasteiger partial charge in [0.15, 0.2) is 5.82 Å². The Morgan fingerprint density at radius 3 is 2.64 bits per heavy atom. The van der Waals surface area contributed by atoms with E-state index >= 15 is 0 Å². The van der Waals surface area contributed by atoms with Gasteiger partial charge in [-0.15, -0.1) is 11.3 Å². The molecular weight excluding hydrogens is 443 g/mol. The number of aliphatic carboxylic acids is 1. The number of nitrogens with zero attached hydrogens (tertiary/aromatic N) is 3. The van der Waals surface area contributed by atoms with Crippen LogP contribution >= 0.6 is 11.3 Å². The van der Waals surface area contributed by atoms with Crippen LogP contribution in [0.3, 0.4) is 0 Å². The molecule has 1 aliphatic carbocycles. The van der Waals surface area contributed by atoms with E-state index in [0.29, 0.717) is 30.2 Å². The summed E-state index contributed by atoms with van der Waals surface area (Å²) in [4.78, 5) is 25.1. The van der Waals surface area contributed by atoms with Gasteiger partial charge in [0.05, 0.1) is 22.7 Å². The molecule has 1 aromatic carbocycles. The van der Waals surface area contributed by atoms with E-state index in [1.807, 2.05) is 39.0 Å².